The molecule has 0 radical (unpaired) electrons. The molecule has 0 unspecified atom stereocenters. The van der Waals surface area contributed by atoms with Gasteiger partial charge in [-0.3, -0.25) is 9.10 Å². The molecule has 0 bridgehead atoms. The topological polar surface area (TPSA) is 66.5 Å². The number of hydrogen-bond acceptors (Lipinski definition) is 3. The standard InChI is InChI=1S/C23H23ClN2O3S/c1-3-18-6-4-5-7-22(18)25-23(27)19-10-14-21(15-11-19)26(30(2,28)29)16-17-8-12-20(24)13-9-17/h4-15H,3,16H2,1-2H3,(H,25,27). The van der Waals surface area contributed by atoms with Crippen LogP contribution in [-0.4, -0.2) is 20.6 Å². The van der Waals surface area contributed by atoms with Crippen LogP contribution in [0.3, 0.4) is 0 Å². The second-order valence-corrected chi connectivity index (χ2v) is 9.25. The summed E-state index contributed by atoms with van der Waals surface area (Å²) >= 11 is 5.91. The highest BCUT2D eigenvalue weighted by atomic mass is 35.5. The molecule has 0 heterocycles. The number of benzene rings is 3. The summed E-state index contributed by atoms with van der Waals surface area (Å²) < 4.78 is 26.0. The van der Waals surface area contributed by atoms with Crippen LogP contribution in [0.4, 0.5) is 11.4 Å². The summed E-state index contributed by atoms with van der Waals surface area (Å²) in [6.07, 6.45) is 1.97. The maximum atomic E-state index is 12.6. The third kappa shape index (κ3) is 5.40. The molecular weight excluding hydrogens is 420 g/mol. The monoisotopic (exact) mass is 442 g/mol. The quantitative estimate of drug-likeness (QED) is 0.552. The van der Waals surface area contributed by atoms with Crippen LogP contribution in [0.15, 0.2) is 72.8 Å². The number of amides is 1. The fourth-order valence-electron chi connectivity index (χ4n) is 3.08. The number of rotatable bonds is 7. The minimum atomic E-state index is -3.52. The Morgan fingerprint density at radius 3 is 2.20 bits per heavy atom. The number of nitrogens with zero attached hydrogens (tertiary/aromatic N) is 1. The molecule has 0 spiro atoms. The van der Waals surface area contributed by atoms with Crippen LogP contribution < -0.4 is 9.62 Å². The molecular formula is C23H23ClN2O3S. The lowest BCUT2D eigenvalue weighted by atomic mass is 10.1. The molecule has 3 aromatic rings. The molecule has 0 aromatic heterocycles. The Bertz CT molecular complexity index is 1130. The van der Waals surface area contributed by atoms with Gasteiger partial charge in [-0.2, -0.15) is 0 Å². The van der Waals surface area contributed by atoms with Crippen molar-refractivity contribution < 1.29 is 13.2 Å². The first-order chi connectivity index (χ1) is 14.3. The van der Waals surface area contributed by atoms with E-state index in [0.717, 1.165) is 29.5 Å². The number of nitrogens with one attached hydrogen (secondary N) is 1. The molecule has 0 atom stereocenters. The fourth-order valence-corrected chi connectivity index (χ4v) is 4.09. The van der Waals surface area contributed by atoms with Gasteiger partial charge in [0.15, 0.2) is 0 Å². The van der Waals surface area contributed by atoms with Crippen molar-refractivity contribution in [2.45, 2.75) is 19.9 Å². The third-order valence-corrected chi connectivity index (χ3v) is 6.10. The SMILES string of the molecule is CCc1ccccc1NC(=O)c1ccc(N(Cc2ccc(Cl)cc2)S(C)(=O)=O)cc1. The Kier molecular flexibility index (Phi) is 6.80. The molecule has 0 saturated carbocycles. The summed E-state index contributed by atoms with van der Waals surface area (Å²) in [6.45, 7) is 2.20. The molecule has 1 N–H and O–H groups in total. The minimum Gasteiger partial charge on any atom is -0.322 e. The van der Waals surface area contributed by atoms with Crippen molar-refractivity contribution in [3.8, 4) is 0 Å². The molecule has 7 heteroatoms. The Hall–Kier alpha value is -2.83. The van der Waals surface area contributed by atoms with Crippen molar-refractivity contribution in [3.05, 3.63) is 94.5 Å². The van der Waals surface area contributed by atoms with Gasteiger partial charge in [-0.15, -0.1) is 0 Å². The van der Waals surface area contributed by atoms with E-state index >= 15 is 0 Å². The van der Waals surface area contributed by atoms with Crippen LogP contribution in [0.5, 0.6) is 0 Å². The fraction of sp³-hybridized carbons (Fsp3) is 0.174. The molecule has 0 fully saturated rings. The number of carbonyl (C=O) groups excluding carboxylic acids is 1. The summed E-state index contributed by atoms with van der Waals surface area (Å²) in [6, 6.07) is 21.2. The summed E-state index contributed by atoms with van der Waals surface area (Å²) in [5.74, 6) is -0.244. The molecule has 3 rings (SSSR count). The maximum Gasteiger partial charge on any atom is 0.255 e. The van der Waals surface area contributed by atoms with Gasteiger partial charge in [0.25, 0.3) is 5.91 Å². The highest BCUT2D eigenvalue weighted by molar-refractivity contribution is 7.92. The van der Waals surface area contributed by atoms with Crippen molar-refractivity contribution in [1.29, 1.82) is 0 Å². The molecule has 0 aliphatic carbocycles. The van der Waals surface area contributed by atoms with Gasteiger partial charge in [-0.25, -0.2) is 8.42 Å². The zero-order valence-corrected chi connectivity index (χ0v) is 18.4. The number of halogens is 1. The molecule has 3 aromatic carbocycles. The lowest BCUT2D eigenvalue weighted by Gasteiger charge is -2.23. The molecule has 5 nitrogen and oxygen atoms in total. The van der Waals surface area contributed by atoms with Gasteiger partial charge < -0.3 is 5.32 Å². The molecule has 0 aliphatic rings. The summed E-state index contributed by atoms with van der Waals surface area (Å²) in [7, 11) is -3.52. The van der Waals surface area contributed by atoms with E-state index in [1.165, 1.54) is 4.31 Å². The smallest absolute Gasteiger partial charge is 0.255 e. The van der Waals surface area contributed by atoms with Crippen molar-refractivity contribution >= 4 is 38.9 Å². The Morgan fingerprint density at radius 2 is 1.60 bits per heavy atom. The highest BCUT2D eigenvalue weighted by Crippen LogP contribution is 2.23. The summed E-state index contributed by atoms with van der Waals surface area (Å²) in [4.78, 5) is 12.6. The predicted molar refractivity (Wildman–Crippen MR) is 123 cm³/mol. The first-order valence-corrected chi connectivity index (χ1v) is 11.7. The summed E-state index contributed by atoms with van der Waals surface area (Å²) in [5, 5.41) is 3.51. The maximum absolute atomic E-state index is 12.6. The average molecular weight is 443 g/mol. The van der Waals surface area contributed by atoms with Gasteiger partial charge in [0.1, 0.15) is 0 Å². The normalized spacial score (nSPS) is 11.2. The largest absolute Gasteiger partial charge is 0.322 e. The van der Waals surface area contributed by atoms with E-state index in [4.69, 9.17) is 11.6 Å². The van der Waals surface area contributed by atoms with Crippen LogP contribution >= 0.6 is 11.6 Å². The first kappa shape index (κ1) is 21.9. The summed E-state index contributed by atoms with van der Waals surface area (Å²) in [5.41, 5.74) is 3.56. The van der Waals surface area contributed by atoms with Crippen LogP contribution in [0.1, 0.15) is 28.4 Å². The van der Waals surface area contributed by atoms with Gasteiger partial charge in [-0.05, 0) is 60.0 Å². The number of carbonyl (C=O) groups is 1. The van der Waals surface area contributed by atoms with Gasteiger partial charge >= 0.3 is 0 Å². The molecule has 1 amide bonds. The second kappa shape index (κ2) is 9.32. The van der Waals surface area contributed by atoms with Crippen molar-refractivity contribution in [2.75, 3.05) is 15.9 Å². The van der Waals surface area contributed by atoms with E-state index < -0.39 is 10.0 Å². The highest BCUT2D eigenvalue weighted by Gasteiger charge is 2.18. The van der Waals surface area contributed by atoms with Gasteiger partial charge in [0.05, 0.1) is 18.5 Å². The Balaban J connectivity index is 1.81. The minimum absolute atomic E-state index is 0.172. The van der Waals surface area contributed by atoms with Crippen molar-refractivity contribution in [1.82, 2.24) is 0 Å². The zero-order valence-electron chi connectivity index (χ0n) is 16.8. The zero-order chi connectivity index (χ0) is 21.7. The van der Waals surface area contributed by atoms with Crippen LogP contribution in [-0.2, 0) is 23.0 Å². The van der Waals surface area contributed by atoms with E-state index in [1.807, 2.05) is 31.2 Å². The van der Waals surface area contributed by atoms with E-state index in [9.17, 15) is 13.2 Å². The van der Waals surface area contributed by atoms with Crippen LogP contribution in [0, 0.1) is 0 Å². The number of sulfonamides is 1. The van der Waals surface area contributed by atoms with Gasteiger partial charge in [0.2, 0.25) is 10.0 Å². The molecule has 156 valence electrons. The van der Waals surface area contributed by atoms with Gasteiger partial charge in [-0.1, -0.05) is 48.9 Å². The average Bonchev–Trinajstić information content (AvgIpc) is 2.73. The molecule has 0 saturated heterocycles. The molecule has 0 aliphatic heterocycles. The van der Waals surface area contributed by atoms with E-state index in [0.29, 0.717) is 16.3 Å². The van der Waals surface area contributed by atoms with Crippen molar-refractivity contribution in [3.63, 3.8) is 0 Å². The number of hydrogen-bond donors (Lipinski definition) is 1. The number of aryl methyl sites for hydroxylation is 1. The number of para-hydroxylation sites is 1. The second-order valence-electron chi connectivity index (χ2n) is 6.91. The Labute approximate surface area is 182 Å². The van der Waals surface area contributed by atoms with E-state index in [-0.39, 0.29) is 12.5 Å². The van der Waals surface area contributed by atoms with E-state index in [2.05, 4.69) is 5.32 Å². The lowest BCUT2D eigenvalue weighted by molar-refractivity contribution is 0.102. The molecule has 30 heavy (non-hydrogen) atoms. The Morgan fingerprint density at radius 1 is 0.967 bits per heavy atom. The number of anilines is 2. The van der Waals surface area contributed by atoms with Crippen molar-refractivity contribution in [2.24, 2.45) is 0 Å². The van der Waals surface area contributed by atoms with Crippen LogP contribution in [0.2, 0.25) is 5.02 Å². The lowest BCUT2D eigenvalue weighted by Crippen LogP contribution is -2.29. The third-order valence-electron chi connectivity index (χ3n) is 4.70. The predicted octanol–water partition coefficient (Wildman–Crippen LogP) is 5.12. The van der Waals surface area contributed by atoms with E-state index in [1.54, 1.807) is 48.5 Å². The first-order valence-electron chi connectivity index (χ1n) is 9.49. The van der Waals surface area contributed by atoms with Gasteiger partial charge in [0, 0.05) is 16.3 Å². The van der Waals surface area contributed by atoms with Crippen LogP contribution in [0.25, 0.3) is 0 Å².